The average Bonchev–Trinajstić information content (AvgIpc) is 3.40. The number of hydrogen-bond donors (Lipinski definition) is 1. The lowest BCUT2D eigenvalue weighted by Gasteiger charge is -2.16. The Labute approximate surface area is 171 Å². The van der Waals surface area contributed by atoms with Crippen molar-refractivity contribution >= 4 is 38.9 Å². The molecule has 3 rings (SSSR count). The summed E-state index contributed by atoms with van der Waals surface area (Å²) >= 11 is 1.06. The van der Waals surface area contributed by atoms with Crippen LogP contribution in [0.4, 0.5) is 5.69 Å². The van der Waals surface area contributed by atoms with Crippen LogP contribution < -0.4 is 4.72 Å². The number of nitrogens with one attached hydrogen (secondary N) is 1. The number of esters is 1. The van der Waals surface area contributed by atoms with Crippen LogP contribution >= 0.6 is 11.3 Å². The highest BCUT2D eigenvalue weighted by molar-refractivity contribution is 7.94. The third-order valence-corrected chi connectivity index (χ3v) is 6.64. The number of rotatable bonds is 8. The molecule has 0 unspecified atom stereocenters. The van der Waals surface area contributed by atoms with Crippen molar-refractivity contribution in [3.8, 4) is 0 Å². The van der Waals surface area contributed by atoms with Crippen LogP contribution in [0, 0.1) is 0 Å². The van der Waals surface area contributed by atoms with Gasteiger partial charge in [0, 0.05) is 7.05 Å². The fourth-order valence-electron chi connectivity index (χ4n) is 2.40. The molecule has 0 bridgehead atoms. The van der Waals surface area contributed by atoms with E-state index in [-0.39, 0.29) is 22.0 Å². The first-order valence-corrected chi connectivity index (χ1v) is 10.8. The first-order chi connectivity index (χ1) is 13.9. The molecule has 0 saturated carbocycles. The quantitative estimate of drug-likeness (QED) is 0.547. The number of para-hydroxylation sites is 1. The number of carbonyl (C=O) groups is 2. The lowest BCUT2D eigenvalue weighted by molar-refractivity contribution is -0.133. The number of carbonyl (C=O) groups excluding carboxylic acids is 2. The molecule has 10 heteroatoms. The topological polar surface area (TPSA) is 106 Å². The van der Waals surface area contributed by atoms with Gasteiger partial charge in [-0.05, 0) is 35.7 Å². The molecule has 0 spiro atoms. The lowest BCUT2D eigenvalue weighted by Crippen LogP contribution is -2.30. The Hall–Kier alpha value is -3.11. The van der Waals surface area contributed by atoms with Crippen LogP contribution in [-0.4, -0.2) is 38.8 Å². The van der Waals surface area contributed by atoms with Crippen molar-refractivity contribution in [1.29, 1.82) is 0 Å². The normalized spacial score (nSPS) is 11.1. The maximum absolute atomic E-state index is 12.4. The molecule has 0 aliphatic heterocycles. The zero-order chi connectivity index (χ0) is 20.9. The predicted octanol–water partition coefficient (Wildman–Crippen LogP) is 2.96. The Kier molecular flexibility index (Phi) is 6.35. The minimum absolute atomic E-state index is 0.00844. The van der Waals surface area contributed by atoms with Gasteiger partial charge in [0.2, 0.25) is 0 Å². The van der Waals surface area contributed by atoms with E-state index in [4.69, 9.17) is 9.15 Å². The summed E-state index contributed by atoms with van der Waals surface area (Å²) in [5.74, 6) is -0.638. The van der Waals surface area contributed by atoms with E-state index in [0.717, 1.165) is 11.3 Å². The van der Waals surface area contributed by atoms with Crippen LogP contribution in [0.25, 0.3) is 0 Å². The van der Waals surface area contributed by atoms with E-state index in [9.17, 15) is 18.0 Å². The lowest BCUT2D eigenvalue weighted by atomic mass is 10.2. The van der Waals surface area contributed by atoms with Crippen molar-refractivity contribution in [2.45, 2.75) is 10.8 Å². The molecule has 3 aromatic rings. The minimum atomic E-state index is -3.82. The number of hydrogen-bond acceptors (Lipinski definition) is 7. The summed E-state index contributed by atoms with van der Waals surface area (Å²) < 4.78 is 37.6. The molecule has 1 N–H and O–H groups in total. The Balaban J connectivity index is 1.65. The third kappa shape index (κ3) is 5.24. The van der Waals surface area contributed by atoms with Crippen molar-refractivity contribution in [2.24, 2.45) is 0 Å². The molecule has 0 aliphatic carbocycles. The number of likely N-dealkylation sites (N-methyl/N-ethyl adjacent to an activating group) is 1. The third-order valence-electron chi connectivity index (χ3n) is 3.88. The SMILES string of the molecule is CN(Cc1ccco1)C(=O)COC(=O)c1ccccc1NS(=O)(=O)c1cccs1. The van der Waals surface area contributed by atoms with Crippen LogP contribution in [0.5, 0.6) is 0 Å². The molecule has 0 atom stereocenters. The number of thiophene rings is 1. The van der Waals surface area contributed by atoms with Gasteiger partial charge in [-0.3, -0.25) is 9.52 Å². The summed E-state index contributed by atoms with van der Waals surface area (Å²) in [4.78, 5) is 26.0. The summed E-state index contributed by atoms with van der Waals surface area (Å²) in [5.41, 5.74) is 0.0800. The molecule has 1 aromatic carbocycles. The van der Waals surface area contributed by atoms with Gasteiger partial charge < -0.3 is 14.1 Å². The number of amides is 1. The summed E-state index contributed by atoms with van der Waals surface area (Å²) in [6.45, 7) is -0.247. The summed E-state index contributed by atoms with van der Waals surface area (Å²) in [5, 5.41) is 1.64. The van der Waals surface area contributed by atoms with E-state index >= 15 is 0 Å². The van der Waals surface area contributed by atoms with Crippen LogP contribution in [0.2, 0.25) is 0 Å². The monoisotopic (exact) mass is 434 g/mol. The Morgan fingerprint density at radius 1 is 1.14 bits per heavy atom. The number of benzene rings is 1. The van der Waals surface area contributed by atoms with Gasteiger partial charge in [-0.1, -0.05) is 18.2 Å². The number of sulfonamides is 1. The van der Waals surface area contributed by atoms with E-state index < -0.39 is 28.5 Å². The largest absolute Gasteiger partial charge is 0.467 e. The number of anilines is 1. The molecule has 2 heterocycles. The summed E-state index contributed by atoms with van der Waals surface area (Å²) in [7, 11) is -2.27. The van der Waals surface area contributed by atoms with Crippen LogP contribution in [0.15, 0.2) is 68.8 Å². The van der Waals surface area contributed by atoms with Crippen molar-refractivity contribution in [2.75, 3.05) is 18.4 Å². The molecule has 0 fully saturated rings. The molecule has 29 heavy (non-hydrogen) atoms. The van der Waals surface area contributed by atoms with Gasteiger partial charge in [0.1, 0.15) is 9.97 Å². The fraction of sp³-hybridized carbons (Fsp3) is 0.158. The summed E-state index contributed by atoms with van der Waals surface area (Å²) in [6.07, 6.45) is 1.50. The predicted molar refractivity (Wildman–Crippen MR) is 107 cm³/mol. The molecule has 8 nitrogen and oxygen atoms in total. The highest BCUT2D eigenvalue weighted by atomic mass is 32.2. The van der Waals surface area contributed by atoms with E-state index in [1.54, 1.807) is 42.8 Å². The number of furan rings is 1. The van der Waals surface area contributed by atoms with Gasteiger partial charge in [0.15, 0.2) is 6.61 Å². The molecule has 0 saturated heterocycles. The van der Waals surface area contributed by atoms with Crippen molar-refractivity contribution in [1.82, 2.24) is 4.90 Å². The Morgan fingerprint density at radius 2 is 1.93 bits per heavy atom. The molecule has 2 aromatic heterocycles. The van der Waals surface area contributed by atoms with Gasteiger partial charge >= 0.3 is 5.97 Å². The maximum atomic E-state index is 12.4. The molecule has 152 valence electrons. The van der Waals surface area contributed by atoms with Gasteiger partial charge in [0.25, 0.3) is 15.9 Å². The fourth-order valence-corrected chi connectivity index (χ4v) is 4.47. The zero-order valence-electron chi connectivity index (χ0n) is 15.4. The van der Waals surface area contributed by atoms with E-state index in [0.29, 0.717) is 5.76 Å². The molecule has 1 amide bonds. The molecule has 0 aliphatic rings. The van der Waals surface area contributed by atoms with Crippen molar-refractivity contribution in [3.63, 3.8) is 0 Å². The number of nitrogens with zero attached hydrogens (tertiary/aromatic N) is 1. The Bertz CT molecular complexity index is 1080. The van der Waals surface area contributed by atoms with Crippen LogP contribution in [0.3, 0.4) is 0 Å². The maximum Gasteiger partial charge on any atom is 0.340 e. The summed E-state index contributed by atoms with van der Waals surface area (Å²) in [6, 6.07) is 12.5. The van der Waals surface area contributed by atoms with Gasteiger partial charge in [-0.25, -0.2) is 13.2 Å². The second-order valence-electron chi connectivity index (χ2n) is 5.99. The van der Waals surface area contributed by atoms with Crippen LogP contribution in [0.1, 0.15) is 16.1 Å². The smallest absolute Gasteiger partial charge is 0.340 e. The highest BCUT2D eigenvalue weighted by Gasteiger charge is 2.21. The van der Waals surface area contributed by atoms with Crippen molar-refractivity contribution < 1.29 is 27.2 Å². The van der Waals surface area contributed by atoms with Crippen LogP contribution in [-0.2, 0) is 26.1 Å². The van der Waals surface area contributed by atoms with Crippen molar-refractivity contribution in [3.05, 3.63) is 71.5 Å². The molecular formula is C19H18N2O6S2. The van der Waals surface area contributed by atoms with E-state index in [1.807, 2.05) is 0 Å². The highest BCUT2D eigenvalue weighted by Crippen LogP contribution is 2.23. The zero-order valence-corrected chi connectivity index (χ0v) is 17.0. The number of ether oxygens (including phenoxy) is 1. The second-order valence-corrected chi connectivity index (χ2v) is 8.85. The van der Waals surface area contributed by atoms with Gasteiger partial charge in [-0.15, -0.1) is 11.3 Å². The van der Waals surface area contributed by atoms with Gasteiger partial charge in [-0.2, -0.15) is 0 Å². The molecule has 0 radical (unpaired) electrons. The Morgan fingerprint density at radius 3 is 2.62 bits per heavy atom. The second kappa shape index (κ2) is 8.93. The van der Waals surface area contributed by atoms with E-state index in [1.165, 1.54) is 29.4 Å². The first kappa shape index (κ1) is 20.6. The standard InChI is InChI=1S/C19H18N2O6S2/c1-21(12-14-6-4-10-26-14)17(22)13-27-19(23)15-7-2-3-8-16(15)20-29(24,25)18-9-5-11-28-18/h2-11,20H,12-13H2,1H3. The van der Waals surface area contributed by atoms with E-state index in [2.05, 4.69) is 4.72 Å². The first-order valence-electron chi connectivity index (χ1n) is 8.45. The van der Waals surface area contributed by atoms with Gasteiger partial charge in [0.05, 0.1) is 24.1 Å². The molecular weight excluding hydrogens is 416 g/mol. The minimum Gasteiger partial charge on any atom is -0.467 e. The average molecular weight is 434 g/mol.